The van der Waals surface area contributed by atoms with Crippen molar-refractivity contribution < 1.29 is 18.7 Å². The minimum absolute atomic E-state index is 0.119. The topological polar surface area (TPSA) is 101 Å². The van der Waals surface area contributed by atoms with E-state index in [1.54, 1.807) is 19.2 Å². The number of anilines is 2. The van der Waals surface area contributed by atoms with Crippen molar-refractivity contribution in [3.05, 3.63) is 59.0 Å². The minimum atomic E-state index is -0.771. The fraction of sp³-hybridized carbons (Fsp3) is 0.286. The van der Waals surface area contributed by atoms with Crippen molar-refractivity contribution in [3.8, 4) is 10.4 Å². The van der Waals surface area contributed by atoms with Crippen LogP contribution in [0.4, 0.5) is 19.6 Å². The summed E-state index contributed by atoms with van der Waals surface area (Å²) in [6.45, 7) is 1.54. The molecule has 0 aliphatic heterocycles. The Morgan fingerprint density at radius 1 is 1.33 bits per heavy atom. The highest BCUT2D eigenvalue weighted by molar-refractivity contribution is 7.20. The van der Waals surface area contributed by atoms with Gasteiger partial charge in [-0.3, -0.25) is 4.79 Å². The monoisotopic (exact) mass is 430 g/mol. The first-order valence-electron chi connectivity index (χ1n) is 9.51. The Balaban J connectivity index is 1.69. The van der Waals surface area contributed by atoms with Crippen molar-refractivity contribution in [3.63, 3.8) is 0 Å². The average Bonchev–Trinajstić information content (AvgIpc) is 3.42. The van der Waals surface area contributed by atoms with E-state index in [4.69, 9.17) is 5.73 Å². The number of aromatic nitrogens is 2. The molecule has 1 fully saturated rings. The van der Waals surface area contributed by atoms with Gasteiger partial charge in [-0.1, -0.05) is 0 Å². The lowest BCUT2D eigenvalue weighted by molar-refractivity contribution is 0.100. The lowest BCUT2D eigenvalue weighted by Gasteiger charge is -2.08. The fourth-order valence-electron chi connectivity index (χ4n) is 3.21. The van der Waals surface area contributed by atoms with Crippen LogP contribution in [0.1, 0.15) is 47.4 Å². The van der Waals surface area contributed by atoms with Crippen LogP contribution >= 0.6 is 11.3 Å². The second-order valence-electron chi connectivity index (χ2n) is 7.40. The summed E-state index contributed by atoms with van der Waals surface area (Å²) in [5.41, 5.74) is 5.71. The second-order valence-corrected chi connectivity index (χ2v) is 8.46. The van der Waals surface area contributed by atoms with Gasteiger partial charge in [-0.2, -0.15) is 0 Å². The van der Waals surface area contributed by atoms with E-state index in [-0.39, 0.29) is 22.4 Å². The van der Waals surface area contributed by atoms with Crippen molar-refractivity contribution in [2.24, 2.45) is 5.73 Å². The van der Waals surface area contributed by atoms with E-state index in [9.17, 15) is 18.7 Å². The van der Waals surface area contributed by atoms with Crippen LogP contribution in [0.5, 0.6) is 0 Å². The van der Waals surface area contributed by atoms with Crippen molar-refractivity contribution in [1.82, 2.24) is 9.97 Å². The van der Waals surface area contributed by atoms with Gasteiger partial charge in [0.25, 0.3) is 5.91 Å². The molecule has 0 saturated heterocycles. The Kier molecular flexibility index (Phi) is 5.48. The van der Waals surface area contributed by atoms with Crippen molar-refractivity contribution in [2.45, 2.75) is 38.2 Å². The maximum absolute atomic E-state index is 14.7. The molecule has 1 unspecified atom stereocenters. The third kappa shape index (κ3) is 4.31. The van der Waals surface area contributed by atoms with Crippen LogP contribution in [0, 0.1) is 11.6 Å². The Bertz CT molecular complexity index is 1090. The number of carbonyl (C=O) groups excluding carboxylic acids is 1. The van der Waals surface area contributed by atoms with Gasteiger partial charge in [0.1, 0.15) is 28.3 Å². The fourth-order valence-corrected chi connectivity index (χ4v) is 4.33. The summed E-state index contributed by atoms with van der Waals surface area (Å²) in [5.74, 6) is -0.702. The van der Waals surface area contributed by atoms with Gasteiger partial charge in [-0.25, -0.2) is 18.7 Å². The molecule has 4 N–H and O–H groups in total. The Morgan fingerprint density at radius 3 is 2.63 bits per heavy atom. The highest BCUT2D eigenvalue weighted by Crippen LogP contribution is 2.41. The minimum Gasteiger partial charge on any atom is -0.393 e. The molecule has 1 aliphatic carbocycles. The molecule has 0 radical (unpaired) electrons. The van der Waals surface area contributed by atoms with E-state index in [2.05, 4.69) is 15.3 Å². The smallest absolute Gasteiger partial charge is 0.251 e. The number of aliphatic hydroxyl groups is 1. The quantitative estimate of drug-likeness (QED) is 0.523. The van der Waals surface area contributed by atoms with E-state index < -0.39 is 23.6 Å². The Morgan fingerprint density at radius 2 is 2.03 bits per heavy atom. The maximum atomic E-state index is 14.7. The Hall–Kier alpha value is -2.91. The number of nitrogens with one attached hydrogen (secondary N) is 1. The van der Waals surface area contributed by atoms with Crippen molar-refractivity contribution in [1.29, 1.82) is 0 Å². The largest absolute Gasteiger partial charge is 0.393 e. The van der Waals surface area contributed by atoms with E-state index in [0.29, 0.717) is 22.3 Å². The number of primary amides is 1. The molecular formula is C21H20F2N4O2S. The number of benzene rings is 1. The second kappa shape index (κ2) is 8.08. The number of halogens is 2. The van der Waals surface area contributed by atoms with Crippen LogP contribution in [0.15, 0.2) is 30.5 Å². The van der Waals surface area contributed by atoms with Gasteiger partial charge in [-0.05, 0) is 56.0 Å². The summed E-state index contributed by atoms with van der Waals surface area (Å²) < 4.78 is 29.4. The molecule has 1 atom stereocenters. The van der Waals surface area contributed by atoms with Gasteiger partial charge in [0, 0.05) is 17.0 Å². The van der Waals surface area contributed by atoms with Crippen molar-refractivity contribution >= 4 is 28.1 Å². The first-order valence-corrected chi connectivity index (χ1v) is 10.3. The number of aliphatic hydroxyl groups excluding tert-OH is 1. The Labute approximate surface area is 175 Å². The third-order valence-electron chi connectivity index (χ3n) is 4.74. The van der Waals surface area contributed by atoms with Crippen LogP contribution in [0.2, 0.25) is 0 Å². The van der Waals surface area contributed by atoms with Gasteiger partial charge in [-0.15, -0.1) is 11.3 Å². The summed E-state index contributed by atoms with van der Waals surface area (Å²) in [4.78, 5) is 20.8. The third-order valence-corrected chi connectivity index (χ3v) is 5.80. The summed E-state index contributed by atoms with van der Waals surface area (Å²) in [6.07, 6.45) is 3.13. The molecule has 1 aromatic carbocycles. The van der Waals surface area contributed by atoms with Crippen LogP contribution < -0.4 is 11.1 Å². The summed E-state index contributed by atoms with van der Waals surface area (Å²) in [5, 5.41) is 12.8. The number of nitrogens with zero attached hydrogens (tertiary/aromatic N) is 2. The van der Waals surface area contributed by atoms with E-state index in [1.165, 1.54) is 18.2 Å². The molecule has 6 nitrogen and oxygen atoms in total. The predicted octanol–water partition coefficient (Wildman–Crippen LogP) is 4.13. The molecule has 4 rings (SSSR count). The van der Waals surface area contributed by atoms with Crippen molar-refractivity contribution in [2.75, 3.05) is 5.32 Å². The first kappa shape index (κ1) is 20.4. The van der Waals surface area contributed by atoms with Crippen LogP contribution in [0.3, 0.4) is 0 Å². The number of amides is 1. The molecule has 2 heterocycles. The van der Waals surface area contributed by atoms with Gasteiger partial charge in [0.05, 0.1) is 17.2 Å². The zero-order valence-corrected chi connectivity index (χ0v) is 17.0. The van der Waals surface area contributed by atoms with Gasteiger partial charge in [0.15, 0.2) is 0 Å². The highest BCUT2D eigenvalue weighted by Gasteiger charge is 2.27. The number of carbonyl (C=O) groups is 1. The number of thiophene rings is 1. The van der Waals surface area contributed by atoms with E-state index in [1.807, 2.05) is 0 Å². The molecule has 0 bridgehead atoms. The molecule has 156 valence electrons. The van der Waals surface area contributed by atoms with E-state index in [0.717, 1.165) is 30.0 Å². The molecular weight excluding hydrogens is 410 g/mol. The molecule has 0 spiro atoms. The van der Waals surface area contributed by atoms with E-state index >= 15 is 0 Å². The zero-order valence-electron chi connectivity index (χ0n) is 16.2. The summed E-state index contributed by atoms with van der Waals surface area (Å²) in [7, 11) is 0. The molecule has 9 heteroatoms. The molecule has 30 heavy (non-hydrogen) atoms. The normalized spacial score (nSPS) is 14.5. The number of hydrogen-bond donors (Lipinski definition) is 3. The average molecular weight is 430 g/mol. The molecule has 1 saturated carbocycles. The molecule has 1 amide bonds. The van der Waals surface area contributed by atoms with Crippen LogP contribution in [0.25, 0.3) is 10.4 Å². The van der Waals surface area contributed by atoms with Crippen LogP contribution in [-0.2, 0) is 6.42 Å². The number of rotatable bonds is 7. The number of hydrogen-bond acceptors (Lipinski definition) is 6. The zero-order chi connectivity index (χ0) is 21.4. The lowest BCUT2D eigenvalue weighted by atomic mass is 10.0. The summed E-state index contributed by atoms with van der Waals surface area (Å²) in [6, 6.07) is 5.40. The lowest BCUT2D eigenvalue weighted by Crippen LogP contribution is -2.11. The SMILES string of the molecule is CC(O)Cc1cc(F)c(-c2cc(C(N)=O)c(Nc3ccnc(C4CC4)n3)s2)c(F)c1. The first-order chi connectivity index (χ1) is 14.3. The van der Waals surface area contributed by atoms with Gasteiger partial charge < -0.3 is 16.2 Å². The van der Waals surface area contributed by atoms with Gasteiger partial charge >= 0.3 is 0 Å². The maximum Gasteiger partial charge on any atom is 0.251 e. The molecule has 3 aromatic rings. The number of nitrogens with two attached hydrogens (primary N) is 1. The predicted molar refractivity (Wildman–Crippen MR) is 111 cm³/mol. The molecule has 1 aliphatic rings. The van der Waals surface area contributed by atoms with Gasteiger partial charge in [0.2, 0.25) is 0 Å². The molecule has 2 aromatic heterocycles. The standard InChI is InChI=1S/C21H20F2N4O2S/c1-10(28)6-11-7-14(22)18(15(23)8-11)16-9-13(19(24)29)21(30-16)27-17-4-5-25-20(26-17)12-2-3-12/h4-5,7-10,12,28H,2-3,6H2,1H3,(H2,24,29)(H,25,26,27). The summed E-state index contributed by atoms with van der Waals surface area (Å²) >= 11 is 1.01. The van der Waals surface area contributed by atoms with Crippen LogP contribution in [-0.4, -0.2) is 27.1 Å². The highest BCUT2D eigenvalue weighted by atomic mass is 32.1.